The van der Waals surface area contributed by atoms with E-state index in [4.69, 9.17) is 16.7 Å². The fraction of sp³-hybridized carbons (Fsp3) is 0. The molecule has 0 fully saturated rings. The molecule has 2 N–H and O–H groups in total. The first-order valence-corrected chi connectivity index (χ1v) is 5.62. The Labute approximate surface area is 89.3 Å². The molecule has 1 atom stereocenters. The number of hydrogen-bond donors (Lipinski definition) is 1. The predicted molar refractivity (Wildman–Crippen MR) is 59.6 cm³/mol. The van der Waals surface area contributed by atoms with E-state index < -0.39 is 11.0 Å². The SMILES string of the molecule is NS(=O)c1cccc2c(Cl)cccc12. The summed E-state index contributed by atoms with van der Waals surface area (Å²) >= 11 is 5.99. The highest BCUT2D eigenvalue weighted by molar-refractivity contribution is 7.83. The van der Waals surface area contributed by atoms with Crippen LogP contribution in [0.25, 0.3) is 10.8 Å². The molecule has 14 heavy (non-hydrogen) atoms. The van der Waals surface area contributed by atoms with Gasteiger partial charge in [0.05, 0.1) is 4.90 Å². The summed E-state index contributed by atoms with van der Waals surface area (Å²) in [4.78, 5) is 0.616. The van der Waals surface area contributed by atoms with Crippen molar-refractivity contribution in [2.24, 2.45) is 5.14 Å². The predicted octanol–water partition coefficient (Wildman–Crippen LogP) is 2.47. The third-order valence-corrected chi connectivity index (χ3v) is 3.16. The number of nitrogens with two attached hydrogens (primary N) is 1. The minimum Gasteiger partial charge on any atom is -0.248 e. The first-order chi connectivity index (χ1) is 6.70. The van der Waals surface area contributed by atoms with Gasteiger partial charge in [-0.05, 0) is 12.1 Å². The Morgan fingerprint density at radius 1 is 1.07 bits per heavy atom. The molecule has 0 spiro atoms. The van der Waals surface area contributed by atoms with Gasteiger partial charge in [-0.3, -0.25) is 0 Å². The van der Waals surface area contributed by atoms with Gasteiger partial charge >= 0.3 is 0 Å². The van der Waals surface area contributed by atoms with Crippen LogP contribution >= 0.6 is 11.6 Å². The van der Waals surface area contributed by atoms with Crippen LogP contribution in [0, 0.1) is 0 Å². The maximum absolute atomic E-state index is 11.2. The topological polar surface area (TPSA) is 43.1 Å². The second kappa shape index (κ2) is 3.69. The van der Waals surface area contributed by atoms with Crippen molar-refractivity contribution in [3.8, 4) is 0 Å². The van der Waals surface area contributed by atoms with Gasteiger partial charge in [0.25, 0.3) is 0 Å². The first kappa shape index (κ1) is 9.65. The number of benzene rings is 2. The molecule has 2 nitrogen and oxygen atoms in total. The largest absolute Gasteiger partial charge is 0.248 e. The molecule has 0 aliphatic rings. The third kappa shape index (κ3) is 1.54. The molecule has 0 aliphatic carbocycles. The smallest absolute Gasteiger partial charge is 0.122 e. The Kier molecular flexibility index (Phi) is 2.54. The van der Waals surface area contributed by atoms with E-state index in [1.54, 1.807) is 18.2 Å². The van der Waals surface area contributed by atoms with Crippen LogP contribution in [0.2, 0.25) is 5.02 Å². The molecule has 0 radical (unpaired) electrons. The summed E-state index contributed by atoms with van der Waals surface area (Å²) in [6.45, 7) is 0. The van der Waals surface area contributed by atoms with Crippen LogP contribution in [0.4, 0.5) is 0 Å². The van der Waals surface area contributed by atoms with Crippen molar-refractivity contribution >= 4 is 33.4 Å². The van der Waals surface area contributed by atoms with Crippen LogP contribution in [0.5, 0.6) is 0 Å². The molecule has 1 unspecified atom stereocenters. The van der Waals surface area contributed by atoms with E-state index in [9.17, 15) is 4.21 Å². The first-order valence-electron chi connectivity index (χ1n) is 4.03. The quantitative estimate of drug-likeness (QED) is 0.796. The zero-order valence-corrected chi connectivity index (χ0v) is 8.81. The molecular weight excluding hydrogens is 218 g/mol. The summed E-state index contributed by atoms with van der Waals surface area (Å²) in [5, 5.41) is 7.74. The Bertz CT molecular complexity index is 512. The van der Waals surface area contributed by atoms with Gasteiger partial charge in [-0.2, -0.15) is 0 Å². The van der Waals surface area contributed by atoms with Crippen molar-refractivity contribution in [1.29, 1.82) is 0 Å². The van der Waals surface area contributed by atoms with Crippen LogP contribution < -0.4 is 5.14 Å². The van der Waals surface area contributed by atoms with Gasteiger partial charge in [-0.15, -0.1) is 0 Å². The van der Waals surface area contributed by atoms with E-state index in [1.165, 1.54) is 0 Å². The molecule has 2 aromatic carbocycles. The van der Waals surface area contributed by atoms with Crippen LogP contribution in [0.15, 0.2) is 41.3 Å². The zero-order chi connectivity index (χ0) is 10.1. The third-order valence-electron chi connectivity index (χ3n) is 2.05. The number of fused-ring (bicyclic) bond motifs is 1. The van der Waals surface area contributed by atoms with Crippen LogP contribution in [-0.4, -0.2) is 4.21 Å². The number of halogens is 1. The highest BCUT2D eigenvalue weighted by atomic mass is 35.5. The Balaban J connectivity index is 2.88. The molecule has 2 aromatic rings. The lowest BCUT2D eigenvalue weighted by atomic mass is 10.1. The maximum atomic E-state index is 11.2. The Morgan fingerprint density at radius 2 is 1.71 bits per heavy atom. The van der Waals surface area contributed by atoms with Crippen molar-refractivity contribution in [2.75, 3.05) is 0 Å². The fourth-order valence-corrected chi connectivity index (χ4v) is 2.26. The summed E-state index contributed by atoms with van der Waals surface area (Å²) in [6, 6.07) is 10.9. The van der Waals surface area contributed by atoms with Crippen molar-refractivity contribution in [3.63, 3.8) is 0 Å². The minimum atomic E-state index is -1.47. The average molecular weight is 226 g/mol. The lowest BCUT2D eigenvalue weighted by molar-refractivity contribution is 0.685. The molecule has 0 aromatic heterocycles. The van der Waals surface area contributed by atoms with Gasteiger partial charge < -0.3 is 0 Å². The van der Waals surface area contributed by atoms with Gasteiger partial charge in [0, 0.05) is 15.8 Å². The summed E-state index contributed by atoms with van der Waals surface area (Å²) < 4.78 is 11.2. The number of rotatable bonds is 1. The zero-order valence-electron chi connectivity index (χ0n) is 7.24. The molecular formula is C10H8ClNOS. The standard InChI is InChI=1S/C10H8ClNOS/c11-9-5-1-4-8-7(9)3-2-6-10(8)14(12)13/h1-6H,12H2. The van der Waals surface area contributed by atoms with E-state index in [1.807, 2.05) is 18.2 Å². The second-order valence-electron chi connectivity index (χ2n) is 2.89. The molecule has 72 valence electrons. The number of hydrogen-bond acceptors (Lipinski definition) is 1. The van der Waals surface area contributed by atoms with E-state index >= 15 is 0 Å². The Morgan fingerprint density at radius 3 is 2.43 bits per heavy atom. The fourth-order valence-electron chi connectivity index (χ4n) is 1.42. The second-order valence-corrected chi connectivity index (χ2v) is 4.33. The van der Waals surface area contributed by atoms with E-state index in [0.717, 1.165) is 10.8 Å². The van der Waals surface area contributed by atoms with Gasteiger partial charge in [0.15, 0.2) is 0 Å². The van der Waals surface area contributed by atoms with Crippen molar-refractivity contribution in [2.45, 2.75) is 4.90 Å². The van der Waals surface area contributed by atoms with Gasteiger partial charge in [0.2, 0.25) is 0 Å². The van der Waals surface area contributed by atoms with Gasteiger partial charge in [-0.25, -0.2) is 9.35 Å². The molecule has 0 amide bonds. The lowest BCUT2D eigenvalue weighted by Crippen LogP contribution is -2.02. The molecule has 4 heteroatoms. The summed E-state index contributed by atoms with van der Waals surface area (Å²) in [7, 11) is -1.47. The molecule has 0 bridgehead atoms. The normalized spacial score (nSPS) is 13.0. The molecule has 0 aliphatic heterocycles. The monoisotopic (exact) mass is 225 g/mol. The molecule has 2 rings (SSSR count). The summed E-state index contributed by atoms with van der Waals surface area (Å²) in [6.07, 6.45) is 0. The lowest BCUT2D eigenvalue weighted by Gasteiger charge is -2.03. The van der Waals surface area contributed by atoms with E-state index in [-0.39, 0.29) is 0 Å². The van der Waals surface area contributed by atoms with Gasteiger partial charge in [-0.1, -0.05) is 35.9 Å². The highest BCUT2D eigenvalue weighted by Gasteiger charge is 2.05. The van der Waals surface area contributed by atoms with Crippen LogP contribution in [0.3, 0.4) is 0 Å². The Hall–Kier alpha value is -0.900. The van der Waals surface area contributed by atoms with E-state index in [2.05, 4.69) is 0 Å². The average Bonchev–Trinajstić information content (AvgIpc) is 2.17. The van der Waals surface area contributed by atoms with Crippen molar-refractivity contribution in [1.82, 2.24) is 0 Å². The van der Waals surface area contributed by atoms with Crippen LogP contribution in [0.1, 0.15) is 0 Å². The van der Waals surface area contributed by atoms with Crippen LogP contribution in [-0.2, 0) is 11.0 Å². The maximum Gasteiger partial charge on any atom is 0.122 e. The summed E-state index contributed by atoms with van der Waals surface area (Å²) in [5.41, 5.74) is 0. The highest BCUT2D eigenvalue weighted by Crippen LogP contribution is 2.26. The molecule has 0 saturated carbocycles. The van der Waals surface area contributed by atoms with E-state index in [0.29, 0.717) is 9.92 Å². The summed E-state index contributed by atoms with van der Waals surface area (Å²) in [5.74, 6) is 0. The van der Waals surface area contributed by atoms with Crippen molar-refractivity contribution < 1.29 is 4.21 Å². The molecule has 0 saturated heterocycles. The van der Waals surface area contributed by atoms with Crippen molar-refractivity contribution in [3.05, 3.63) is 41.4 Å². The minimum absolute atomic E-state index is 0.616. The molecule has 0 heterocycles. The van der Waals surface area contributed by atoms with Gasteiger partial charge in [0.1, 0.15) is 11.0 Å².